The number of carbonyl (C=O) groups is 1. The van der Waals surface area contributed by atoms with Gasteiger partial charge in [-0.25, -0.2) is 4.98 Å². The minimum absolute atomic E-state index is 0.0545. The molecule has 0 atom stereocenters. The number of aromatic nitrogens is 1. The van der Waals surface area contributed by atoms with E-state index in [0.717, 1.165) is 10.0 Å². The molecule has 0 amide bonds. The van der Waals surface area contributed by atoms with Crippen LogP contribution in [0.2, 0.25) is 0 Å². The second-order valence-electron chi connectivity index (χ2n) is 4.48. The van der Waals surface area contributed by atoms with Gasteiger partial charge in [0.25, 0.3) is 0 Å². The van der Waals surface area contributed by atoms with Crippen LogP contribution in [0.5, 0.6) is 0 Å². The number of rotatable bonds is 6. The average molecular weight is 339 g/mol. The third kappa shape index (κ3) is 4.18. The zero-order valence-corrected chi connectivity index (χ0v) is 12.6. The number of carboxylic acids is 1. The number of oxazole rings is 1. The van der Waals surface area contributed by atoms with Crippen molar-refractivity contribution < 1.29 is 14.3 Å². The van der Waals surface area contributed by atoms with E-state index in [2.05, 4.69) is 20.9 Å². The highest BCUT2D eigenvalue weighted by atomic mass is 79.9. The first-order chi connectivity index (χ1) is 9.54. The van der Waals surface area contributed by atoms with Crippen molar-refractivity contribution in [2.24, 2.45) is 0 Å². The van der Waals surface area contributed by atoms with Crippen molar-refractivity contribution in [1.29, 1.82) is 0 Å². The molecule has 6 heteroatoms. The van der Waals surface area contributed by atoms with Crippen molar-refractivity contribution in [1.82, 2.24) is 9.88 Å². The maximum Gasteiger partial charge on any atom is 0.317 e. The van der Waals surface area contributed by atoms with E-state index in [9.17, 15) is 4.79 Å². The van der Waals surface area contributed by atoms with Crippen LogP contribution < -0.4 is 0 Å². The summed E-state index contributed by atoms with van der Waals surface area (Å²) in [5.74, 6) is 0.375. The van der Waals surface area contributed by atoms with Crippen LogP contribution in [0.25, 0.3) is 0 Å². The first-order valence-corrected chi connectivity index (χ1v) is 6.93. The Labute approximate surface area is 125 Å². The van der Waals surface area contributed by atoms with Gasteiger partial charge in [-0.2, -0.15) is 0 Å². The van der Waals surface area contributed by atoms with E-state index >= 15 is 0 Å². The maximum atomic E-state index is 11.0. The van der Waals surface area contributed by atoms with Gasteiger partial charge >= 0.3 is 5.97 Å². The van der Waals surface area contributed by atoms with E-state index in [4.69, 9.17) is 9.52 Å². The van der Waals surface area contributed by atoms with Gasteiger partial charge in [0.15, 0.2) is 5.89 Å². The molecule has 0 unspecified atom stereocenters. The molecule has 0 aliphatic rings. The first kappa shape index (κ1) is 14.7. The maximum absolute atomic E-state index is 11.0. The second-order valence-corrected chi connectivity index (χ2v) is 5.33. The Morgan fingerprint density at radius 2 is 2.15 bits per heavy atom. The molecule has 1 aromatic heterocycles. The van der Waals surface area contributed by atoms with Gasteiger partial charge in [0.1, 0.15) is 5.76 Å². The molecule has 20 heavy (non-hydrogen) atoms. The van der Waals surface area contributed by atoms with Gasteiger partial charge < -0.3 is 9.52 Å². The number of halogens is 1. The molecule has 2 aromatic rings. The van der Waals surface area contributed by atoms with Gasteiger partial charge in [0.2, 0.25) is 0 Å². The molecule has 0 saturated carbocycles. The average Bonchev–Trinajstić information content (AvgIpc) is 2.77. The monoisotopic (exact) mass is 338 g/mol. The molecular weight excluding hydrogens is 324 g/mol. The molecule has 0 spiro atoms. The number of hydrogen-bond acceptors (Lipinski definition) is 4. The van der Waals surface area contributed by atoms with Crippen LogP contribution in [0.3, 0.4) is 0 Å². The highest BCUT2D eigenvalue weighted by Crippen LogP contribution is 2.19. The lowest BCUT2D eigenvalue weighted by Gasteiger charge is -2.19. The summed E-state index contributed by atoms with van der Waals surface area (Å²) < 4.78 is 6.37. The van der Waals surface area contributed by atoms with Gasteiger partial charge in [0.05, 0.1) is 19.3 Å². The normalized spacial score (nSPS) is 10.9. The smallest absolute Gasteiger partial charge is 0.317 e. The molecule has 1 N–H and O–H groups in total. The quantitative estimate of drug-likeness (QED) is 0.877. The molecule has 106 valence electrons. The van der Waals surface area contributed by atoms with Gasteiger partial charge in [-0.05, 0) is 11.6 Å². The third-order valence-corrected chi connectivity index (χ3v) is 3.53. The fourth-order valence-electron chi connectivity index (χ4n) is 1.93. The van der Waals surface area contributed by atoms with E-state index < -0.39 is 5.97 Å². The van der Waals surface area contributed by atoms with Gasteiger partial charge in [0, 0.05) is 17.9 Å². The number of carboxylic acid groups (broad SMARTS) is 1. The van der Waals surface area contributed by atoms with Crippen LogP contribution in [0.1, 0.15) is 17.2 Å². The summed E-state index contributed by atoms with van der Waals surface area (Å²) in [7, 11) is 0. The molecule has 0 saturated heterocycles. The number of aliphatic carboxylic acids is 1. The van der Waals surface area contributed by atoms with Gasteiger partial charge in [-0.3, -0.25) is 9.69 Å². The first-order valence-electron chi connectivity index (χ1n) is 6.13. The molecule has 2 rings (SSSR count). The van der Waals surface area contributed by atoms with Crippen LogP contribution in [-0.4, -0.2) is 27.5 Å². The number of hydrogen-bond donors (Lipinski definition) is 1. The van der Waals surface area contributed by atoms with Crippen molar-refractivity contribution in [2.75, 3.05) is 6.54 Å². The molecule has 5 nitrogen and oxygen atoms in total. The summed E-state index contributed by atoms with van der Waals surface area (Å²) in [6, 6.07) is 7.75. The minimum atomic E-state index is -0.867. The SMILES string of the molecule is Cc1ncc(CN(CC(=O)O)Cc2ccccc2Br)o1. The zero-order chi connectivity index (χ0) is 14.5. The van der Waals surface area contributed by atoms with Crippen LogP contribution >= 0.6 is 15.9 Å². The third-order valence-electron chi connectivity index (χ3n) is 2.76. The number of aryl methyl sites for hydroxylation is 1. The largest absolute Gasteiger partial charge is 0.480 e. The van der Waals surface area contributed by atoms with E-state index in [1.807, 2.05) is 24.3 Å². The van der Waals surface area contributed by atoms with Crippen LogP contribution in [0.4, 0.5) is 0 Å². The molecule has 0 radical (unpaired) electrons. The Morgan fingerprint density at radius 3 is 2.75 bits per heavy atom. The lowest BCUT2D eigenvalue weighted by Crippen LogP contribution is -2.28. The van der Waals surface area contributed by atoms with E-state index in [1.165, 1.54) is 0 Å². The van der Waals surface area contributed by atoms with E-state index in [1.54, 1.807) is 18.0 Å². The molecule has 0 aliphatic carbocycles. The van der Waals surface area contributed by atoms with Crippen molar-refractivity contribution in [3.63, 3.8) is 0 Å². The highest BCUT2D eigenvalue weighted by Gasteiger charge is 2.14. The number of nitrogens with zero attached hydrogens (tertiary/aromatic N) is 2. The Hall–Kier alpha value is -1.66. The molecule has 1 heterocycles. The summed E-state index contributed by atoms with van der Waals surface area (Å²) in [5.41, 5.74) is 1.03. The lowest BCUT2D eigenvalue weighted by atomic mass is 10.2. The molecule has 0 bridgehead atoms. The number of benzene rings is 1. The van der Waals surface area contributed by atoms with Gasteiger partial charge in [-0.15, -0.1) is 0 Å². The fourth-order valence-corrected chi connectivity index (χ4v) is 2.34. The minimum Gasteiger partial charge on any atom is -0.480 e. The predicted molar refractivity (Wildman–Crippen MR) is 77.1 cm³/mol. The molecule has 0 aliphatic heterocycles. The van der Waals surface area contributed by atoms with E-state index in [0.29, 0.717) is 24.7 Å². The Balaban J connectivity index is 2.11. The second kappa shape index (κ2) is 6.67. The van der Waals surface area contributed by atoms with Crippen LogP contribution in [-0.2, 0) is 17.9 Å². The zero-order valence-electron chi connectivity index (χ0n) is 11.0. The molecular formula is C14H15BrN2O3. The topological polar surface area (TPSA) is 66.6 Å². The molecule has 1 aromatic carbocycles. The Kier molecular flexibility index (Phi) is 4.92. The summed E-state index contributed by atoms with van der Waals surface area (Å²) in [5, 5.41) is 9.01. The standard InChI is InChI=1S/C14H15BrN2O3/c1-10-16-6-12(20-10)8-17(9-14(18)19)7-11-4-2-3-5-13(11)15/h2-6H,7-9H2,1H3,(H,18,19). The lowest BCUT2D eigenvalue weighted by molar-refractivity contribution is -0.138. The van der Waals surface area contributed by atoms with E-state index in [-0.39, 0.29) is 6.54 Å². The fraction of sp³-hybridized carbons (Fsp3) is 0.286. The summed E-state index contributed by atoms with van der Waals surface area (Å²) >= 11 is 3.47. The highest BCUT2D eigenvalue weighted by molar-refractivity contribution is 9.10. The van der Waals surface area contributed by atoms with Gasteiger partial charge in [-0.1, -0.05) is 34.1 Å². The molecule has 0 fully saturated rings. The summed E-state index contributed by atoms with van der Waals surface area (Å²) in [6.45, 7) is 2.64. The van der Waals surface area contributed by atoms with Crippen molar-refractivity contribution in [2.45, 2.75) is 20.0 Å². The van der Waals surface area contributed by atoms with Crippen molar-refractivity contribution in [3.05, 3.63) is 52.1 Å². The summed E-state index contributed by atoms with van der Waals surface area (Å²) in [6.07, 6.45) is 1.63. The van der Waals surface area contributed by atoms with Crippen molar-refractivity contribution >= 4 is 21.9 Å². The van der Waals surface area contributed by atoms with Crippen molar-refractivity contribution in [3.8, 4) is 0 Å². The van der Waals surface area contributed by atoms with Crippen LogP contribution in [0, 0.1) is 6.92 Å². The Bertz CT molecular complexity index is 598. The van der Waals surface area contributed by atoms with Crippen LogP contribution in [0.15, 0.2) is 39.4 Å². The predicted octanol–water partition coefficient (Wildman–Crippen LogP) is 2.83. The summed E-state index contributed by atoms with van der Waals surface area (Å²) in [4.78, 5) is 16.8. The Morgan fingerprint density at radius 1 is 1.40 bits per heavy atom.